The summed E-state index contributed by atoms with van der Waals surface area (Å²) in [5, 5.41) is 2.87. The number of hydrogen-bond donors (Lipinski definition) is 1. The Morgan fingerprint density at radius 2 is 1.77 bits per heavy atom. The highest BCUT2D eigenvalue weighted by Crippen LogP contribution is 2.35. The summed E-state index contributed by atoms with van der Waals surface area (Å²) in [5.41, 5.74) is 3.14. The molecule has 1 atom stereocenters. The lowest BCUT2D eigenvalue weighted by molar-refractivity contribution is -0.0102. The van der Waals surface area contributed by atoms with Crippen molar-refractivity contribution >= 4 is 33.2 Å². The zero-order chi connectivity index (χ0) is 31.6. The van der Waals surface area contributed by atoms with Crippen molar-refractivity contribution < 1.29 is 27.3 Å². The lowest BCUT2D eigenvalue weighted by Gasteiger charge is -2.26. The average molecular weight is 613 g/mol. The third-order valence-corrected chi connectivity index (χ3v) is 8.72. The summed E-state index contributed by atoms with van der Waals surface area (Å²) in [6.45, 7) is 9.25. The van der Waals surface area contributed by atoms with E-state index in [1.807, 2.05) is 38.1 Å². The third-order valence-electron chi connectivity index (χ3n) is 7.10. The first-order valence-electron chi connectivity index (χ1n) is 14.1. The van der Waals surface area contributed by atoms with Crippen LogP contribution in [-0.4, -0.2) is 52.1 Å². The molecule has 1 aliphatic rings. The van der Waals surface area contributed by atoms with Crippen LogP contribution in [0.25, 0.3) is 11.1 Å². The van der Waals surface area contributed by atoms with Gasteiger partial charge in [-0.05, 0) is 70.4 Å². The Hall–Kier alpha value is -3.86. The predicted molar refractivity (Wildman–Crippen MR) is 166 cm³/mol. The molecule has 2 aromatic carbocycles. The Labute approximate surface area is 252 Å². The predicted octanol–water partition coefficient (Wildman–Crippen LogP) is 7.64. The summed E-state index contributed by atoms with van der Waals surface area (Å²) in [6.07, 6.45) is 1.77. The number of pyridine rings is 1. The van der Waals surface area contributed by atoms with Crippen LogP contribution in [-0.2, 0) is 14.5 Å². The molecule has 2 amide bonds. The number of nitrogens with one attached hydrogen (secondary N) is 1. The van der Waals surface area contributed by atoms with E-state index in [2.05, 4.69) is 14.7 Å². The van der Waals surface area contributed by atoms with Gasteiger partial charge < -0.3 is 15.0 Å². The first-order chi connectivity index (χ1) is 20.0. The molecule has 0 radical (unpaired) electrons. The summed E-state index contributed by atoms with van der Waals surface area (Å²) < 4.78 is 50.7. The van der Waals surface area contributed by atoms with Crippen LogP contribution in [0, 0.1) is 13.8 Å². The number of alkyl halides is 2. The molecule has 0 saturated carbocycles. The van der Waals surface area contributed by atoms with Gasteiger partial charge in [0.1, 0.15) is 11.4 Å². The summed E-state index contributed by atoms with van der Waals surface area (Å²) in [5.74, 6) is -2.93. The number of carbonyl (C=O) groups is 2. The maximum atomic E-state index is 14.2. The van der Waals surface area contributed by atoms with Gasteiger partial charge in [-0.1, -0.05) is 35.9 Å². The van der Waals surface area contributed by atoms with E-state index in [4.69, 9.17) is 4.74 Å². The molecule has 1 fully saturated rings. The van der Waals surface area contributed by atoms with Gasteiger partial charge in [0.05, 0.1) is 15.3 Å². The van der Waals surface area contributed by atoms with Crippen LogP contribution in [0.2, 0.25) is 0 Å². The zero-order valence-corrected chi connectivity index (χ0v) is 26.2. The summed E-state index contributed by atoms with van der Waals surface area (Å²) in [7, 11) is -3.19. The number of halogens is 2. The van der Waals surface area contributed by atoms with Crippen LogP contribution in [0.5, 0.6) is 0 Å². The van der Waals surface area contributed by atoms with E-state index in [0.29, 0.717) is 23.6 Å². The largest absolute Gasteiger partial charge is 0.442 e. The smallest absolute Gasteiger partial charge is 0.442 e. The maximum Gasteiger partial charge on any atom is 0.442 e. The lowest BCUT2D eigenvalue weighted by Crippen LogP contribution is -2.30. The quantitative estimate of drug-likeness (QED) is 0.318. The van der Waals surface area contributed by atoms with Crippen molar-refractivity contribution in [2.24, 2.45) is 4.36 Å². The molecule has 43 heavy (non-hydrogen) atoms. The fourth-order valence-corrected chi connectivity index (χ4v) is 5.98. The van der Waals surface area contributed by atoms with Gasteiger partial charge in [0.25, 0.3) is 5.91 Å². The Morgan fingerprint density at radius 3 is 2.44 bits per heavy atom. The van der Waals surface area contributed by atoms with Gasteiger partial charge in [0.2, 0.25) is 5.92 Å². The summed E-state index contributed by atoms with van der Waals surface area (Å²) >= 11 is 0. The molecule has 4 rings (SSSR count). The third kappa shape index (κ3) is 8.16. The number of ether oxygens (including phenoxy) is 1. The second kappa shape index (κ2) is 12.4. The minimum Gasteiger partial charge on any atom is -0.442 e. The minimum atomic E-state index is -3.19. The number of nitrogens with zero attached hydrogens (tertiary/aromatic N) is 3. The molecule has 0 bridgehead atoms. The van der Waals surface area contributed by atoms with Crippen molar-refractivity contribution in [1.82, 2.24) is 4.98 Å². The van der Waals surface area contributed by atoms with Gasteiger partial charge in [-0.25, -0.2) is 22.8 Å². The number of amides is 2. The van der Waals surface area contributed by atoms with Crippen molar-refractivity contribution in [2.75, 3.05) is 29.6 Å². The molecule has 1 aromatic heterocycles. The molecule has 3 aromatic rings. The molecule has 230 valence electrons. The van der Waals surface area contributed by atoms with Gasteiger partial charge in [-0.15, -0.1) is 4.36 Å². The molecule has 0 aliphatic carbocycles. The first kappa shape index (κ1) is 32.1. The zero-order valence-electron chi connectivity index (χ0n) is 25.4. The summed E-state index contributed by atoms with van der Waals surface area (Å²) in [4.78, 5) is 32.8. The molecule has 8 nitrogen and oxygen atoms in total. The molecule has 1 saturated heterocycles. The lowest BCUT2D eigenvalue weighted by atomic mass is 9.97. The minimum absolute atomic E-state index is 0.0587. The van der Waals surface area contributed by atoms with Crippen molar-refractivity contribution in [3.05, 3.63) is 71.4 Å². The molecule has 1 aliphatic heterocycles. The molecule has 1 N–H and O–H groups in total. The topological polar surface area (TPSA) is 101 Å². The van der Waals surface area contributed by atoms with Gasteiger partial charge in [-0.3, -0.25) is 4.79 Å². The number of rotatable bonds is 5. The van der Waals surface area contributed by atoms with E-state index in [-0.39, 0.29) is 36.3 Å². The van der Waals surface area contributed by atoms with Gasteiger partial charge in [0.15, 0.2) is 0 Å². The molecule has 0 spiro atoms. The van der Waals surface area contributed by atoms with E-state index in [1.54, 1.807) is 50.1 Å². The van der Waals surface area contributed by atoms with Crippen LogP contribution >= 0.6 is 0 Å². The Balaban J connectivity index is 1.72. The monoisotopic (exact) mass is 612 g/mol. The second-order valence-corrected chi connectivity index (χ2v) is 14.2. The van der Waals surface area contributed by atoms with E-state index in [0.717, 1.165) is 16.7 Å². The van der Waals surface area contributed by atoms with Crippen LogP contribution in [0.3, 0.4) is 0 Å². The van der Waals surface area contributed by atoms with Crippen LogP contribution < -0.4 is 10.2 Å². The van der Waals surface area contributed by atoms with Crippen molar-refractivity contribution in [2.45, 2.75) is 70.3 Å². The van der Waals surface area contributed by atoms with E-state index >= 15 is 0 Å². The number of carbonyl (C=O) groups excluding carboxylic acids is 2. The molecule has 1 unspecified atom stereocenters. The standard InChI is InChI=1S/C32H38F2N4O4S/c1-21-11-13-23(14-12-21)26-20-35-28(38-17-8-15-32(33,34)16-18-38)27(22(26)2)29(39)36-24-9-7-10-25(19-24)43(6,41)37-30(40)42-31(3,4)5/h7,9-14,19-20H,8,15-18H2,1-6H3,(H,36,39). The van der Waals surface area contributed by atoms with Crippen LogP contribution in [0.1, 0.15) is 61.5 Å². The van der Waals surface area contributed by atoms with Crippen molar-refractivity contribution in [1.29, 1.82) is 0 Å². The maximum absolute atomic E-state index is 14.2. The molecular weight excluding hydrogens is 574 g/mol. The molecule has 11 heteroatoms. The first-order valence-corrected chi connectivity index (χ1v) is 16.0. The van der Waals surface area contributed by atoms with E-state index in [9.17, 15) is 22.6 Å². The number of benzene rings is 2. The fraction of sp³-hybridized carbons (Fsp3) is 0.406. The normalized spacial score (nSPS) is 16.5. The van der Waals surface area contributed by atoms with E-state index < -0.39 is 33.3 Å². The SMILES string of the molecule is Cc1ccc(-c2cnc(N3CCCC(F)(F)CC3)c(C(=O)Nc3cccc(S(C)(=O)=NC(=O)OC(C)(C)C)c3)c2C)cc1. The van der Waals surface area contributed by atoms with Gasteiger partial charge in [-0.2, -0.15) is 0 Å². The van der Waals surface area contributed by atoms with Crippen LogP contribution in [0.15, 0.2) is 64.0 Å². The summed E-state index contributed by atoms with van der Waals surface area (Å²) in [6, 6.07) is 14.1. The Morgan fingerprint density at radius 1 is 1.07 bits per heavy atom. The second-order valence-electron chi connectivity index (χ2n) is 11.9. The van der Waals surface area contributed by atoms with Crippen LogP contribution in [0.4, 0.5) is 25.1 Å². The van der Waals surface area contributed by atoms with Crippen molar-refractivity contribution in [3.63, 3.8) is 0 Å². The number of anilines is 2. The van der Waals surface area contributed by atoms with E-state index in [1.165, 1.54) is 12.3 Å². The average Bonchev–Trinajstić information content (AvgIpc) is 3.08. The number of aryl methyl sites for hydroxylation is 1. The van der Waals surface area contributed by atoms with Gasteiger partial charge in [0, 0.05) is 54.5 Å². The van der Waals surface area contributed by atoms with Gasteiger partial charge >= 0.3 is 6.09 Å². The highest BCUT2D eigenvalue weighted by atomic mass is 32.2. The Kier molecular flexibility index (Phi) is 9.24. The molecule has 2 heterocycles. The highest BCUT2D eigenvalue weighted by molar-refractivity contribution is 7.93. The fourth-order valence-electron chi connectivity index (χ4n) is 4.88. The van der Waals surface area contributed by atoms with Crippen molar-refractivity contribution in [3.8, 4) is 11.1 Å². The number of hydrogen-bond acceptors (Lipinski definition) is 6. The Bertz CT molecular complexity index is 1640. The molecular formula is C32H38F2N4O4S. The number of aromatic nitrogens is 1. The highest BCUT2D eigenvalue weighted by Gasteiger charge is 2.33.